The minimum Gasteiger partial charge on any atom is -0.482 e. The molecule has 0 fully saturated rings. The van der Waals surface area contributed by atoms with E-state index >= 15 is 0 Å². The van der Waals surface area contributed by atoms with E-state index < -0.39 is 10.0 Å². The Balaban J connectivity index is 1.68. The third-order valence-electron chi connectivity index (χ3n) is 4.13. The minimum atomic E-state index is -3.93. The molecule has 3 aromatic rings. The quantitative estimate of drug-likeness (QED) is 0.656. The molecule has 0 spiro atoms. The zero-order chi connectivity index (χ0) is 20.6. The van der Waals surface area contributed by atoms with Crippen LogP contribution < -0.4 is 14.4 Å². The van der Waals surface area contributed by atoms with E-state index in [0.717, 1.165) is 0 Å². The number of aryl methyl sites for hydroxylation is 1. The maximum Gasteiger partial charge on any atom is 0.265 e. The predicted molar refractivity (Wildman–Crippen MR) is 104 cm³/mol. The fourth-order valence-corrected chi connectivity index (χ4v) is 4.09. The van der Waals surface area contributed by atoms with Gasteiger partial charge in [-0.05, 0) is 36.4 Å². The van der Waals surface area contributed by atoms with Crippen LogP contribution in [0.2, 0.25) is 5.02 Å². The summed E-state index contributed by atoms with van der Waals surface area (Å²) in [6, 6.07) is 10.6. The lowest BCUT2D eigenvalue weighted by Gasteiger charge is -2.28. The normalized spacial score (nSPS) is 13.7. The summed E-state index contributed by atoms with van der Waals surface area (Å²) in [5.74, 6) is 0.695. The van der Waals surface area contributed by atoms with E-state index in [1.807, 2.05) is 0 Å². The van der Waals surface area contributed by atoms with Crippen LogP contribution in [0.4, 0.5) is 11.4 Å². The number of rotatable bonds is 5. The number of carbonyl (C=O) groups excluding carboxylic acids is 1. The highest BCUT2D eigenvalue weighted by Gasteiger charge is 2.29. The van der Waals surface area contributed by atoms with E-state index in [4.69, 9.17) is 20.9 Å². The Hall–Kier alpha value is -3.11. The zero-order valence-corrected chi connectivity index (χ0v) is 16.7. The Morgan fingerprint density at radius 1 is 1.24 bits per heavy atom. The number of aromatic nitrogens is 2. The number of hydrogen-bond donors (Lipinski definition) is 1. The van der Waals surface area contributed by atoms with Gasteiger partial charge in [0, 0.05) is 11.9 Å². The molecule has 11 heteroatoms. The van der Waals surface area contributed by atoms with Crippen LogP contribution in [0.1, 0.15) is 11.7 Å². The van der Waals surface area contributed by atoms with Gasteiger partial charge in [0.1, 0.15) is 5.75 Å². The molecular formula is C18H15ClN4O5S. The number of nitrogens with zero attached hydrogens (tertiary/aromatic N) is 3. The highest BCUT2D eigenvalue weighted by molar-refractivity contribution is 7.92. The Labute approximate surface area is 171 Å². The van der Waals surface area contributed by atoms with Crippen molar-refractivity contribution in [3.63, 3.8) is 0 Å². The summed E-state index contributed by atoms with van der Waals surface area (Å²) in [5, 5.41) is 4.19. The van der Waals surface area contributed by atoms with Gasteiger partial charge in [-0.3, -0.25) is 14.4 Å². The number of halogens is 1. The Kier molecular flexibility index (Phi) is 4.89. The van der Waals surface area contributed by atoms with E-state index in [9.17, 15) is 13.2 Å². The van der Waals surface area contributed by atoms with Crippen molar-refractivity contribution in [2.45, 2.75) is 18.4 Å². The first-order chi connectivity index (χ1) is 13.8. The van der Waals surface area contributed by atoms with E-state index in [1.165, 1.54) is 29.2 Å². The summed E-state index contributed by atoms with van der Waals surface area (Å²) in [7, 11) is -3.93. The van der Waals surface area contributed by atoms with Crippen molar-refractivity contribution < 1.29 is 22.5 Å². The molecule has 150 valence electrons. The van der Waals surface area contributed by atoms with Gasteiger partial charge in [-0.15, -0.1) is 0 Å². The molecule has 2 aromatic carbocycles. The van der Waals surface area contributed by atoms with Gasteiger partial charge in [-0.25, -0.2) is 8.42 Å². The van der Waals surface area contributed by atoms with Crippen molar-refractivity contribution in [1.82, 2.24) is 10.1 Å². The number of ether oxygens (including phenoxy) is 1. The van der Waals surface area contributed by atoms with Crippen molar-refractivity contribution in [2.24, 2.45) is 0 Å². The van der Waals surface area contributed by atoms with Crippen LogP contribution in [-0.4, -0.2) is 31.1 Å². The van der Waals surface area contributed by atoms with E-state index in [0.29, 0.717) is 33.9 Å². The van der Waals surface area contributed by atoms with Crippen molar-refractivity contribution in [2.75, 3.05) is 16.2 Å². The molecule has 1 aromatic heterocycles. The third-order valence-corrected chi connectivity index (χ3v) is 5.74. The lowest BCUT2D eigenvalue weighted by atomic mass is 10.2. The van der Waals surface area contributed by atoms with Gasteiger partial charge in [-0.1, -0.05) is 22.8 Å². The number of carbonyl (C=O) groups is 1. The largest absolute Gasteiger partial charge is 0.482 e. The van der Waals surface area contributed by atoms with Crippen LogP contribution in [0, 0.1) is 6.92 Å². The minimum absolute atomic E-state index is 0.0256. The second kappa shape index (κ2) is 7.37. The molecule has 0 unspecified atom stereocenters. The van der Waals surface area contributed by atoms with Gasteiger partial charge in [-0.2, -0.15) is 4.98 Å². The van der Waals surface area contributed by atoms with Gasteiger partial charge >= 0.3 is 0 Å². The fraction of sp³-hybridized carbons (Fsp3) is 0.167. The molecule has 4 rings (SSSR count). The van der Waals surface area contributed by atoms with E-state index in [-0.39, 0.29) is 24.0 Å². The summed E-state index contributed by atoms with van der Waals surface area (Å²) < 4.78 is 38.4. The molecule has 0 bridgehead atoms. The number of nitrogens with one attached hydrogen (secondary N) is 1. The first kappa shape index (κ1) is 19.2. The number of amides is 1. The molecule has 0 saturated carbocycles. The highest BCUT2D eigenvalue weighted by atomic mass is 35.5. The van der Waals surface area contributed by atoms with E-state index in [1.54, 1.807) is 25.1 Å². The number of hydrogen-bond acceptors (Lipinski definition) is 7. The van der Waals surface area contributed by atoms with Crippen molar-refractivity contribution in [3.05, 3.63) is 59.2 Å². The summed E-state index contributed by atoms with van der Waals surface area (Å²) in [6.07, 6.45) is 0. The topological polar surface area (TPSA) is 115 Å². The molecule has 1 aliphatic heterocycles. The van der Waals surface area contributed by atoms with Crippen molar-refractivity contribution >= 4 is 38.9 Å². The monoisotopic (exact) mass is 434 g/mol. The molecule has 1 N–H and O–H groups in total. The molecule has 0 aliphatic carbocycles. The lowest BCUT2D eigenvalue weighted by molar-refractivity contribution is -0.121. The lowest BCUT2D eigenvalue weighted by Crippen LogP contribution is -2.38. The SMILES string of the molecule is Cc1nc(CN2C(=O)COc3ccc(S(=O)(=O)Nc4cccc(Cl)c4)cc32)no1. The van der Waals surface area contributed by atoms with Crippen LogP contribution in [0.3, 0.4) is 0 Å². The molecule has 1 aliphatic rings. The zero-order valence-electron chi connectivity index (χ0n) is 15.1. The summed E-state index contributed by atoms with van der Waals surface area (Å²) in [6.45, 7) is 1.49. The number of anilines is 2. The molecule has 9 nitrogen and oxygen atoms in total. The third kappa shape index (κ3) is 4.03. The van der Waals surface area contributed by atoms with Crippen LogP contribution in [-0.2, 0) is 21.4 Å². The molecule has 0 radical (unpaired) electrons. The molecule has 2 heterocycles. The standard InChI is InChI=1S/C18H15ClN4O5S/c1-11-20-17(21-28-11)9-23-15-8-14(5-6-16(15)27-10-18(23)24)29(25,26)22-13-4-2-3-12(19)7-13/h2-8,22H,9-10H2,1H3. The fourth-order valence-electron chi connectivity index (χ4n) is 2.84. The summed E-state index contributed by atoms with van der Waals surface area (Å²) >= 11 is 5.91. The Morgan fingerprint density at radius 3 is 2.79 bits per heavy atom. The van der Waals surface area contributed by atoms with Crippen LogP contribution >= 0.6 is 11.6 Å². The first-order valence-corrected chi connectivity index (χ1v) is 10.3. The molecule has 0 atom stereocenters. The number of sulfonamides is 1. The maximum absolute atomic E-state index is 12.8. The molecule has 1 amide bonds. The van der Waals surface area contributed by atoms with E-state index in [2.05, 4.69) is 14.9 Å². The first-order valence-electron chi connectivity index (χ1n) is 8.46. The molecule has 29 heavy (non-hydrogen) atoms. The molecule has 0 saturated heterocycles. The summed E-state index contributed by atoms with van der Waals surface area (Å²) in [5.41, 5.74) is 0.624. The van der Waals surface area contributed by atoms with Gasteiger partial charge in [0.25, 0.3) is 15.9 Å². The Bertz CT molecular complexity index is 1190. The van der Waals surface area contributed by atoms with Crippen molar-refractivity contribution in [3.8, 4) is 5.75 Å². The Morgan fingerprint density at radius 2 is 2.07 bits per heavy atom. The van der Waals surface area contributed by atoms with Crippen molar-refractivity contribution in [1.29, 1.82) is 0 Å². The van der Waals surface area contributed by atoms with Gasteiger partial charge in [0.15, 0.2) is 12.4 Å². The second-order valence-corrected chi connectivity index (χ2v) is 8.36. The van der Waals surface area contributed by atoms with Gasteiger partial charge in [0.2, 0.25) is 5.89 Å². The predicted octanol–water partition coefficient (Wildman–Crippen LogP) is 2.76. The highest BCUT2D eigenvalue weighted by Crippen LogP contribution is 2.35. The smallest absolute Gasteiger partial charge is 0.265 e. The number of benzene rings is 2. The van der Waals surface area contributed by atoms with Crippen LogP contribution in [0.5, 0.6) is 5.75 Å². The number of fused-ring (bicyclic) bond motifs is 1. The van der Waals surface area contributed by atoms with Crippen LogP contribution in [0.15, 0.2) is 51.9 Å². The second-order valence-electron chi connectivity index (χ2n) is 6.24. The van der Waals surface area contributed by atoms with Gasteiger partial charge < -0.3 is 9.26 Å². The molecular weight excluding hydrogens is 420 g/mol. The summed E-state index contributed by atoms with van der Waals surface area (Å²) in [4.78, 5) is 17.8. The average Bonchev–Trinajstić information content (AvgIpc) is 3.08. The maximum atomic E-state index is 12.8. The average molecular weight is 435 g/mol. The van der Waals surface area contributed by atoms with Crippen LogP contribution in [0.25, 0.3) is 0 Å². The van der Waals surface area contributed by atoms with Gasteiger partial charge in [0.05, 0.1) is 22.8 Å².